The zero-order chi connectivity index (χ0) is 27.0. The van der Waals surface area contributed by atoms with E-state index in [0.29, 0.717) is 52.9 Å². The zero-order valence-corrected chi connectivity index (χ0v) is 21.9. The highest BCUT2D eigenvalue weighted by atomic mass is 35.5. The van der Waals surface area contributed by atoms with Crippen molar-refractivity contribution in [3.05, 3.63) is 93.3 Å². The number of thioether (sulfide) groups is 1. The third-order valence-electron chi connectivity index (χ3n) is 6.58. The summed E-state index contributed by atoms with van der Waals surface area (Å²) < 4.78 is 38.6. The number of rotatable bonds is 3. The minimum Gasteiger partial charge on any atom is -0.368 e. The summed E-state index contributed by atoms with van der Waals surface area (Å²) in [7, 11) is 1.62. The van der Waals surface area contributed by atoms with E-state index < -0.39 is 11.7 Å². The molecule has 1 saturated heterocycles. The zero-order valence-electron chi connectivity index (χ0n) is 20.3. The van der Waals surface area contributed by atoms with Gasteiger partial charge in [-0.05, 0) is 60.2 Å². The number of hydrogen-bond donors (Lipinski definition) is 0. The van der Waals surface area contributed by atoms with Gasteiger partial charge in [-0.15, -0.1) is 0 Å². The number of alkyl halides is 3. The fourth-order valence-corrected chi connectivity index (χ4v) is 5.75. The Balaban J connectivity index is 1.29. The summed E-state index contributed by atoms with van der Waals surface area (Å²) in [5, 5.41) is 0.670. The van der Waals surface area contributed by atoms with Gasteiger partial charge < -0.3 is 14.7 Å². The lowest BCUT2D eigenvalue weighted by Gasteiger charge is -2.36. The number of anilines is 2. The molecule has 0 unspecified atom stereocenters. The van der Waals surface area contributed by atoms with Crippen LogP contribution in [0.1, 0.15) is 21.5 Å². The summed E-state index contributed by atoms with van der Waals surface area (Å²) in [6.45, 7) is 2.49. The standard InChI is InChI=1S/C28H23ClF3N3O2S/c1-33-23-16-19(26(36)35-13-11-34(12-14-35)22-4-2-3-21(29)17-22)7-10-24(23)38-25(27(33)37)15-18-5-8-20(9-6-18)28(30,31)32/h2-10,15-17H,11-14H2,1H3. The molecule has 2 amide bonds. The molecule has 3 aromatic carbocycles. The fraction of sp³-hybridized carbons (Fsp3) is 0.214. The average Bonchev–Trinajstić information content (AvgIpc) is 2.91. The second kappa shape index (κ2) is 10.4. The van der Waals surface area contributed by atoms with Crippen LogP contribution in [-0.2, 0) is 11.0 Å². The quantitative estimate of drug-likeness (QED) is 0.348. The molecular formula is C28H23ClF3N3O2S. The molecule has 5 rings (SSSR count). The highest BCUT2D eigenvalue weighted by molar-refractivity contribution is 8.04. The van der Waals surface area contributed by atoms with Gasteiger partial charge in [0, 0.05) is 54.4 Å². The summed E-state index contributed by atoms with van der Waals surface area (Å²) in [5.41, 5.74) is 1.89. The van der Waals surface area contributed by atoms with Gasteiger partial charge in [0.15, 0.2) is 0 Å². The van der Waals surface area contributed by atoms with Gasteiger partial charge in [-0.3, -0.25) is 9.59 Å². The molecule has 0 bridgehead atoms. The third-order valence-corrected chi connectivity index (χ3v) is 7.89. The van der Waals surface area contributed by atoms with Crippen LogP contribution >= 0.6 is 23.4 Å². The number of piperazine rings is 1. The monoisotopic (exact) mass is 557 g/mol. The molecule has 0 spiro atoms. The first kappa shape index (κ1) is 26.2. The normalized spacial score (nSPS) is 17.1. The maximum absolute atomic E-state index is 13.3. The van der Waals surface area contributed by atoms with Gasteiger partial charge in [0.05, 0.1) is 16.2 Å². The first-order valence-corrected chi connectivity index (χ1v) is 13.1. The van der Waals surface area contributed by atoms with Crippen LogP contribution in [0.15, 0.2) is 76.5 Å². The van der Waals surface area contributed by atoms with Crippen molar-refractivity contribution in [3.63, 3.8) is 0 Å². The Hall–Kier alpha value is -3.43. The number of amides is 2. The molecule has 3 aromatic rings. The van der Waals surface area contributed by atoms with Crippen LogP contribution in [0.5, 0.6) is 0 Å². The molecule has 38 heavy (non-hydrogen) atoms. The number of hydrogen-bond acceptors (Lipinski definition) is 4. The van der Waals surface area contributed by atoms with Gasteiger partial charge in [0.1, 0.15) is 0 Å². The molecule has 0 aliphatic carbocycles. The van der Waals surface area contributed by atoms with E-state index in [1.54, 1.807) is 36.2 Å². The Morgan fingerprint density at radius 1 is 0.974 bits per heavy atom. The Kier molecular flexibility index (Phi) is 7.15. The molecule has 2 heterocycles. The maximum Gasteiger partial charge on any atom is 0.416 e. The van der Waals surface area contributed by atoms with Crippen LogP contribution in [-0.4, -0.2) is 49.9 Å². The lowest BCUT2D eigenvalue weighted by molar-refractivity contribution is -0.137. The van der Waals surface area contributed by atoms with Crippen LogP contribution in [0.4, 0.5) is 24.5 Å². The molecular weight excluding hydrogens is 535 g/mol. The summed E-state index contributed by atoms with van der Waals surface area (Å²) >= 11 is 7.35. The second-order valence-electron chi connectivity index (χ2n) is 9.04. The lowest BCUT2D eigenvalue weighted by Crippen LogP contribution is -2.48. The SMILES string of the molecule is CN1C(=O)C(=Cc2ccc(C(F)(F)F)cc2)Sc2ccc(C(=O)N3CCN(c4cccc(Cl)c4)CC3)cc21. The molecule has 196 valence electrons. The van der Waals surface area contributed by atoms with Crippen LogP contribution in [0.2, 0.25) is 5.02 Å². The maximum atomic E-state index is 13.3. The van der Waals surface area contributed by atoms with Gasteiger partial charge in [0.2, 0.25) is 0 Å². The van der Waals surface area contributed by atoms with Crippen molar-refractivity contribution in [1.29, 1.82) is 0 Å². The van der Waals surface area contributed by atoms with Gasteiger partial charge in [-0.1, -0.05) is 41.6 Å². The Morgan fingerprint density at radius 3 is 2.34 bits per heavy atom. The minimum atomic E-state index is -4.42. The van der Waals surface area contributed by atoms with Gasteiger partial charge in [-0.25, -0.2) is 0 Å². The van der Waals surface area contributed by atoms with Crippen LogP contribution in [0.25, 0.3) is 6.08 Å². The van der Waals surface area contributed by atoms with Crippen molar-refractivity contribution in [2.45, 2.75) is 11.1 Å². The number of likely N-dealkylation sites (N-methyl/N-ethyl adjacent to an activating group) is 1. The molecule has 2 aliphatic rings. The lowest BCUT2D eigenvalue weighted by atomic mass is 10.1. The Labute approximate surface area is 227 Å². The highest BCUT2D eigenvalue weighted by Crippen LogP contribution is 2.42. The Morgan fingerprint density at radius 2 is 1.68 bits per heavy atom. The summed E-state index contributed by atoms with van der Waals surface area (Å²) in [5.74, 6) is -0.391. The van der Waals surface area contributed by atoms with E-state index in [9.17, 15) is 22.8 Å². The number of carbonyl (C=O) groups excluding carboxylic acids is 2. The molecule has 2 aliphatic heterocycles. The summed E-state index contributed by atoms with van der Waals surface area (Å²) in [6, 6.07) is 17.6. The highest BCUT2D eigenvalue weighted by Gasteiger charge is 2.31. The number of carbonyl (C=O) groups is 2. The van der Waals surface area contributed by atoms with Crippen molar-refractivity contribution >= 4 is 52.6 Å². The van der Waals surface area contributed by atoms with Gasteiger partial charge >= 0.3 is 6.18 Å². The first-order valence-electron chi connectivity index (χ1n) is 11.9. The van der Waals surface area contributed by atoms with Crippen molar-refractivity contribution in [3.8, 4) is 0 Å². The first-order chi connectivity index (χ1) is 18.1. The van der Waals surface area contributed by atoms with Crippen molar-refractivity contribution < 1.29 is 22.8 Å². The number of nitrogens with zero attached hydrogens (tertiary/aromatic N) is 3. The van der Waals surface area contributed by atoms with Gasteiger partial charge in [0.25, 0.3) is 11.8 Å². The minimum absolute atomic E-state index is 0.101. The van der Waals surface area contributed by atoms with E-state index in [1.807, 2.05) is 24.3 Å². The topological polar surface area (TPSA) is 43.9 Å². The molecule has 0 saturated carbocycles. The van der Waals surface area contributed by atoms with E-state index >= 15 is 0 Å². The number of benzene rings is 3. The molecule has 0 atom stereocenters. The molecule has 5 nitrogen and oxygen atoms in total. The van der Waals surface area contributed by atoms with E-state index in [-0.39, 0.29) is 11.8 Å². The van der Waals surface area contributed by atoms with Crippen LogP contribution in [0.3, 0.4) is 0 Å². The molecule has 1 fully saturated rings. The average molecular weight is 558 g/mol. The largest absolute Gasteiger partial charge is 0.416 e. The second-order valence-corrected chi connectivity index (χ2v) is 10.6. The van der Waals surface area contributed by atoms with Crippen LogP contribution in [0, 0.1) is 0 Å². The number of fused-ring (bicyclic) bond motifs is 1. The van der Waals surface area contributed by atoms with Crippen molar-refractivity contribution in [2.24, 2.45) is 0 Å². The fourth-order valence-electron chi connectivity index (χ4n) is 4.47. The number of halogens is 4. The predicted molar refractivity (Wildman–Crippen MR) is 145 cm³/mol. The molecule has 0 radical (unpaired) electrons. The molecule has 10 heteroatoms. The third kappa shape index (κ3) is 5.39. The molecule has 0 aromatic heterocycles. The molecule has 0 N–H and O–H groups in total. The summed E-state index contributed by atoms with van der Waals surface area (Å²) in [6.07, 6.45) is -2.84. The van der Waals surface area contributed by atoms with E-state index in [2.05, 4.69) is 4.90 Å². The van der Waals surface area contributed by atoms with E-state index in [1.165, 1.54) is 28.8 Å². The van der Waals surface area contributed by atoms with Gasteiger partial charge in [-0.2, -0.15) is 13.2 Å². The van der Waals surface area contributed by atoms with Crippen LogP contribution < -0.4 is 9.80 Å². The summed E-state index contributed by atoms with van der Waals surface area (Å²) in [4.78, 5) is 32.9. The predicted octanol–water partition coefficient (Wildman–Crippen LogP) is 6.43. The van der Waals surface area contributed by atoms with Crippen molar-refractivity contribution in [2.75, 3.05) is 43.0 Å². The van der Waals surface area contributed by atoms with Crippen molar-refractivity contribution in [1.82, 2.24) is 4.90 Å². The Bertz CT molecular complexity index is 1420. The smallest absolute Gasteiger partial charge is 0.368 e. The van der Waals surface area contributed by atoms with E-state index in [0.717, 1.165) is 22.7 Å². The van der Waals surface area contributed by atoms with E-state index in [4.69, 9.17) is 11.6 Å².